The smallest absolute Gasteiger partial charge is 0.246 e. The highest BCUT2D eigenvalue weighted by Gasteiger charge is 2.34. The fourth-order valence-electron chi connectivity index (χ4n) is 1.91. The van der Waals surface area contributed by atoms with Crippen LogP contribution in [0.3, 0.4) is 0 Å². The molecule has 88 valence electrons. The van der Waals surface area contributed by atoms with Gasteiger partial charge in [-0.15, -0.1) is 6.42 Å². The van der Waals surface area contributed by atoms with Crippen molar-refractivity contribution in [2.24, 2.45) is 0 Å². The van der Waals surface area contributed by atoms with Crippen LogP contribution in [0.4, 0.5) is 0 Å². The van der Waals surface area contributed by atoms with Gasteiger partial charge in [0, 0.05) is 0 Å². The van der Waals surface area contributed by atoms with E-state index >= 15 is 0 Å². The third kappa shape index (κ3) is 2.54. The summed E-state index contributed by atoms with van der Waals surface area (Å²) in [5, 5.41) is 2.70. The minimum atomic E-state index is -0.395. The zero-order valence-electron chi connectivity index (χ0n) is 9.82. The van der Waals surface area contributed by atoms with Crippen molar-refractivity contribution in [3.8, 4) is 12.3 Å². The molecule has 2 unspecified atom stereocenters. The molecule has 1 heterocycles. The molecule has 2 atom stereocenters. The Bertz CT molecular complexity index is 319. The van der Waals surface area contributed by atoms with Crippen molar-refractivity contribution in [3.05, 3.63) is 0 Å². The quantitative estimate of drug-likeness (QED) is 0.705. The van der Waals surface area contributed by atoms with Gasteiger partial charge in [-0.3, -0.25) is 9.59 Å². The Balaban J connectivity index is 2.81. The van der Waals surface area contributed by atoms with E-state index in [1.165, 1.54) is 4.90 Å². The van der Waals surface area contributed by atoms with E-state index in [1.807, 2.05) is 13.8 Å². The molecular formula is C12H18N2O2. The third-order valence-electron chi connectivity index (χ3n) is 2.76. The third-order valence-corrected chi connectivity index (χ3v) is 2.76. The van der Waals surface area contributed by atoms with E-state index in [0.717, 1.165) is 6.42 Å². The van der Waals surface area contributed by atoms with E-state index in [1.54, 1.807) is 0 Å². The van der Waals surface area contributed by atoms with Crippen molar-refractivity contribution >= 4 is 11.8 Å². The number of carbonyl (C=O) groups excluding carboxylic acids is 2. The second-order valence-corrected chi connectivity index (χ2v) is 3.97. The van der Waals surface area contributed by atoms with Crippen LogP contribution < -0.4 is 5.32 Å². The lowest BCUT2D eigenvalue weighted by atomic mass is 10.1. The molecule has 0 spiro atoms. The minimum Gasteiger partial charge on any atom is -0.343 e. The molecule has 0 aromatic rings. The van der Waals surface area contributed by atoms with Crippen LogP contribution in [0.5, 0.6) is 0 Å². The highest BCUT2D eigenvalue weighted by Crippen LogP contribution is 2.12. The molecule has 1 saturated heterocycles. The summed E-state index contributed by atoms with van der Waals surface area (Å²) in [6.07, 6.45) is 7.57. The highest BCUT2D eigenvalue weighted by atomic mass is 16.2. The molecule has 0 radical (unpaired) electrons. The Labute approximate surface area is 96.4 Å². The Hall–Kier alpha value is -1.50. The topological polar surface area (TPSA) is 49.4 Å². The van der Waals surface area contributed by atoms with E-state index in [-0.39, 0.29) is 24.4 Å². The van der Waals surface area contributed by atoms with Gasteiger partial charge >= 0.3 is 0 Å². The first kappa shape index (κ1) is 12.6. The summed E-state index contributed by atoms with van der Waals surface area (Å²) < 4.78 is 0. The summed E-state index contributed by atoms with van der Waals surface area (Å²) in [4.78, 5) is 25.0. The molecule has 1 aliphatic heterocycles. The molecule has 1 aliphatic rings. The fourth-order valence-corrected chi connectivity index (χ4v) is 1.91. The Morgan fingerprint density at radius 3 is 2.75 bits per heavy atom. The molecule has 1 fully saturated rings. The zero-order valence-corrected chi connectivity index (χ0v) is 9.82. The molecule has 0 aliphatic carbocycles. The van der Waals surface area contributed by atoms with Crippen LogP contribution >= 0.6 is 0 Å². The zero-order chi connectivity index (χ0) is 12.1. The van der Waals surface area contributed by atoms with Crippen molar-refractivity contribution in [1.82, 2.24) is 10.2 Å². The van der Waals surface area contributed by atoms with Gasteiger partial charge in [0.2, 0.25) is 11.8 Å². The van der Waals surface area contributed by atoms with Crippen molar-refractivity contribution in [2.45, 2.75) is 45.2 Å². The minimum absolute atomic E-state index is 0.0498. The first-order valence-electron chi connectivity index (χ1n) is 5.70. The molecule has 0 bridgehead atoms. The first-order chi connectivity index (χ1) is 7.63. The van der Waals surface area contributed by atoms with Crippen LogP contribution in [0.25, 0.3) is 0 Å². The van der Waals surface area contributed by atoms with Crippen molar-refractivity contribution in [1.29, 1.82) is 0 Å². The van der Waals surface area contributed by atoms with E-state index in [9.17, 15) is 9.59 Å². The Morgan fingerprint density at radius 1 is 1.56 bits per heavy atom. The van der Waals surface area contributed by atoms with Gasteiger partial charge < -0.3 is 10.2 Å². The highest BCUT2D eigenvalue weighted by molar-refractivity contribution is 5.95. The molecule has 0 aromatic carbocycles. The monoisotopic (exact) mass is 222 g/mol. The first-order valence-corrected chi connectivity index (χ1v) is 5.70. The molecular weight excluding hydrogens is 204 g/mol. The van der Waals surface area contributed by atoms with Gasteiger partial charge in [0.25, 0.3) is 0 Å². The van der Waals surface area contributed by atoms with Gasteiger partial charge in [-0.05, 0) is 12.8 Å². The van der Waals surface area contributed by atoms with Gasteiger partial charge in [0.05, 0.1) is 6.04 Å². The van der Waals surface area contributed by atoms with E-state index in [2.05, 4.69) is 11.2 Å². The lowest BCUT2D eigenvalue weighted by molar-refractivity contribution is -0.145. The predicted molar refractivity (Wildman–Crippen MR) is 61.5 cm³/mol. The second-order valence-electron chi connectivity index (χ2n) is 3.97. The van der Waals surface area contributed by atoms with Gasteiger partial charge in [-0.25, -0.2) is 0 Å². The number of terminal acetylenes is 1. The maximum Gasteiger partial charge on any atom is 0.246 e. The number of nitrogens with one attached hydrogen (secondary N) is 1. The van der Waals surface area contributed by atoms with Gasteiger partial charge in [-0.2, -0.15) is 0 Å². The van der Waals surface area contributed by atoms with Crippen LogP contribution in [-0.2, 0) is 9.59 Å². The maximum absolute atomic E-state index is 12.0. The summed E-state index contributed by atoms with van der Waals surface area (Å²) in [5.74, 6) is 2.39. The lowest BCUT2D eigenvalue weighted by Gasteiger charge is -2.35. The number of rotatable bonds is 4. The van der Waals surface area contributed by atoms with Crippen LogP contribution in [0.1, 0.15) is 33.1 Å². The van der Waals surface area contributed by atoms with Gasteiger partial charge in [0.15, 0.2) is 0 Å². The largest absolute Gasteiger partial charge is 0.343 e. The van der Waals surface area contributed by atoms with Crippen molar-refractivity contribution < 1.29 is 9.59 Å². The Morgan fingerprint density at radius 2 is 2.25 bits per heavy atom. The molecule has 1 rings (SSSR count). The number of amides is 2. The normalized spacial score (nSPS) is 22.6. The average Bonchev–Trinajstić information content (AvgIpc) is 2.26. The number of nitrogens with zero attached hydrogens (tertiary/aromatic N) is 1. The van der Waals surface area contributed by atoms with Gasteiger partial charge in [-0.1, -0.05) is 26.2 Å². The van der Waals surface area contributed by atoms with Crippen molar-refractivity contribution in [3.63, 3.8) is 0 Å². The predicted octanol–water partition coefficient (Wildman–Crippen LogP) is 0.525. The summed E-state index contributed by atoms with van der Waals surface area (Å²) >= 11 is 0. The van der Waals surface area contributed by atoms with Crippen LogP contribution in [0, 0.1) is 12.3 Å². The standard InChI is InChI=1S/C12H18N2O2/c1-4-7-10-12(16)14(8-11(15)13-10)9(5-2)6-3/h2,9-10H,4,6-8H2,1,3H3,(H,13,15). The molecule has 4 nitrogen and oxygen atoms in total. The second kappa shape index (κ2) is 5.55. The average molecular weight is 222 g/mol. The molecule has 16 heavy (non-hydrogen) atoms. The SMILES string of the molecule is C#CC(CC)N1CC(=O)NC(CCC)C1=O. The fraction of sp³-hybridized carbons (Fsp3) is 0.667. The van der Waals surface area contributed by atoms with Crippen LogP contribution in [0.2, 0.25) is 0 Å². The van der Waals surface area contributed by atoms with E-state index < -0.39 is 6.04 Å². The summed E-state index contributed by atoms with van der Waals surface area (Å²) in [6.45, 7) is 3.98. The Kier molecular flexibility index (Phi) is 4.36. The summed E-state index contributed by atoms with van der Waals surface area (Å²) in [7, 11) is 0. The summed E-state index contributed by atoms with van der Waals surface area (Å²) in [6, 6.07) is -0.661. The lowest BCUT2D eigenvalue weighted by Crippen LogP contribution is -2.60. The van der Waals surface area contributed by atoms with Crippen LogP contribution in [-0.4, -0.2) is 35.3 Å². The summed E-state index contributed by atoms with van der Waals surface area (Å²) in [5.41, 5.74) is 0. The van der Waals surface area contributed by atoms with Crippen LogP contribution in [0.15, 0.2) is 0 Å². The number of piperazine rings is 1. The van der Waals surface area contributed by atoms with E-state index in [4.69, 9.17) is 6.42 Å². The molecule has 0 saturated carbocycles. The molecule has 1 N–H and O–H groups in total. The number of hydrogen-bond acceptors (Lipinski definition) is 2. The van der Waals surface area contributed by atoms with Gasteiger partial charge in [0.1, 0.15) is 12.6 Å². The maximum atomic E-state index is 12.0. The molecule has 4 heteroatoms. The molecule has 0 aromatic heterocycles. The molecule has 2 amide bonds. The van der Waals surface area contributed by atoms with Crippen molar-refractivity contribution in [2.75, 3.05) is 6.54 Å². The number of hydrogen-bond donors (Lipinski definition) is 1. The number of carbonyl (C=O) groups is 2. The van der Waals surface area contributed by atoms with E-state index in [0.29, 0.717) is 12.8 Å².